The Bertz CT molecular complexity index is 1290. The minimum absolute atomic E-state index is 0.000863. The number of aromatic nitrogens is 1. The van der Waals surface area contributed by atoms with E-state index in [2.05, 4.69) is 10.3 Å². The number of nitrogens with two attached hydrogens (primary N) is 1. The summed E-state index contributed by atoms with van der Waals surface area (Å²) in [7, 11) is 1.25. The fourth-order valence-electron chi connectivity index (χ4n) is 4.07. The van der Waals surface area contributed by atoms with Gasteiger partial charge in [-0.2, -0.15) is 0 Å². The number of aliphatic hydroxyl groups is 1. The number of carbonyl (C=O) groups excluding carboxylic acids is 1. The molecule has 3 aromatic rings. The molecule has 0 fully saturated rings. The molecule has 0 radical (unpaired) electrons. The van der Waals surface area contributed by atoms with Crippen molar-refractivity contribution in [3.63, 3.8) is 0 Å². The van der Waals surface area contributed by atoms with Crippen molar-refractivity contribution in [1.82, 2.24) is 10.3 Å². The van der Waals surface area contributed by atoms with Gasteiger partial charge < -0.3 is 30.7 Å². The maximum Gasteiger partial charge on any atom is 0.404 e. The fourth-order valence-corrected chi connectivity index (χ4v) is 4.33. The number of halogens is 2. The summed E-state index contributed by atoms with van der Waals surface area (Å²) in [5.74, 6) is -1.92. The summed E-state index contributed by atoms with van der Waals surface area (Å²) in [6.07, 6.45) is -1.46. The summed E-state index contributed by atoms with van der Waals surface area (Å²) in [6.45, 7) is -0.393. The number of pyridine rings is 1. The lowest BCUT2D eigenvalue weighted by Crippen LogP contribution is -2.46. The number of nitrogens with one attached hydrogen (secondary N) is 1. The Kier molecular flexibility index (Phi) is 6.03. The molecule has 1 aromatic heterocycles. The van der Waals surface area contributed by atoms with Gasteiger partial charge >= 0.3 is 6.09 Å². The zero-order valence-electron chi connectivity index (χ0n) is 17.7. The lowest BCUT2D eigenvalue weighted by Gasteiger charge is -2.31. The molecule has 0 unspecified atom stereocenters. The molecule has 0 spiro atoms. The van der Waals surface area contributed by atoms with Crippen LogP contribution in [-0.2, 0) is 5.60 Å². The molecule has 1 aliphatic rings. The van der Waals surface area contributed by atoms with Crippen LogP contribution in [0.15, 0.2) is 48.7 Å². The van der Waals surface area contributed by atoms with E-state index in [0.717, 1.165) is 0 Å². The van der Waals surface area contributed by atoms with Gasteiger partial charge in [0, 0.05) is 27.9 Å². The summed E-state index contributed by atoms with van der Waals surface area (Å²) >= 11 is 6.47. The highest BCUT2D eigenvalue weighted by molar-refractivity contribution is 6.34. The Morgan fingerprint density at radius 1 is 1.26 bits per heavy atom. The topological polar surface area (TPSA) is 144 Å². The molecule has 1 aliphatic heterocycles. The van der Waals surface area contributed by atoms with E-state index in [0.29, 0.717) is 0 Å². The van der Waals surface area contributed by atoms with Crippen molar-refractivity contribution >= 4 is 23.6 Å². The Labute approximate surface area is 197 Å². The molecule has 11 heteroatoms. The minimum atomic E-state index is -1.70. The maximum absolute atomic E-state index is 15.5. The Balaban J connectivity index is 2.00. The van der Waals surface area contributed by atoms with Crippen LogP contribution >= 0.6 is 11.6 Å². The minimum Gasteiger partial charge on any atom is -0.494 e. The van der Waals surface area contributed by atoms with Gasteiger partial charge in [-0.3, -0.25) is 9.78 Å². The summed E-state index contributed by atoms with van der Waals surface area (Å²) in [5.41, 5.74) is 3.54. The molecule has 9 nitrogen and oxygen atoms in total. The van der Waals surface area contributed by atoms with Crippen molar-refractivity contribution in [3.05, 3.63) is 76.3 Å². The third-order valence-electron chi connectivity index (χ3n) is 5.60. The Morgan fingerprint density at radius 2 is 2.03 bits per heavy atom. The number of hydrogen-bond donors (Lipinski definition) is 4. The van der Waals surface area contributed by atoms with Crippen molar-refractivity contribution in [2.75, 3.05) is 13.7 Å². The van der Waals surface area contributed by atoms with E-state index in [-0.39, 0.29) is 44.5 Å². The van der Waals surface area contributed by atoms with Gasteiger partial charge in [0.1, 0.15) is 11.9 Å². The van der Waals surface area contributed by atoms with Crippen molar-refractivity contribution in [3.8, 4) is 22.6 Å². The molecular formula is C23H19ClFN3O6. The first-order chi connectivity index (χ1) is 16.2. The number of aliphatic hydroxyl groups excluding tert-OH is 1. The van der Waals surface area contributed by atoms with Gasteiger partial charge in [-0.15, -0.1) is 0 Å². The molecule has 176 valence electrons. The van der Waals surface area contributed by atoms with Crippen LogP contribution in [-0.4, -0.2) is 40.9 Å². The SMILES string of the molecule is COc1ccc(C(N)=O)c(-c2c(Cl)ccc3c2[C@H](O)[C@@](CNC(=O)O)(c2ccccn2)O3)c1F. The number of ether oxygens (including phenoxy) is 2. The standard InChI is InChI=1S/C23H19ClFN3O6/c1-33-14-7-5-11(21(26)30)16(19(14)25)17-12(24)6-8-13-18(17)20(29)23(34-13,10-28-22(31)32)15-4-2-3-9-27-15/h2-9,20,28-29H,10H2,1H3,(H2,26,30)(H,31,32)/t20-,23+/m0/s1. The maximum atomic E-state index is 15.5. The van der Waals surface area contributed by atoms with Crippen molar-refractivity contribution in [1.29, 1.82) is 0 Å². The highest BCUT2D eigenvalue weighted by atomic mass is 35.5. The van der Waals surface area contributed by atoms with E-state index >= 15 is 4.39 Å². The summed E-state index contributed by atoms with van der Waals surface area (Å²) in [4.78, 5) is 27.7. The highest BCUT2D eigenvalue weighted by Gasteiger charge is 2.52. The molecule has 2 amide bonds. The monoisotopic (exact) mass is 487 g/mol. The molecule has 0 saturated heterocycles. The first kappa shape index (κ1) is 23.3. The molecule has 4 rings (SSSR count). The van der Waals surface area contributed by atoms with Crippen molar-refractivity contribution in [2.24, 2.45) is 5.73 Å². The molecule has 0 saturated carbocycles. The third-order valence-corrected chi connectivity index (χ3v) is 5.92. The number of benzene rings is 2. The van der Waals surface area contributed by atoms with Crippen LogP contribution in [0.4, 0.5) is 9.18 Å². The fraction of sp³-hybridized carbons (Fsp3) is 0.174. The number of nitrogens with zero attached hydrogens (tertiary/aromatic N) is 1. The number of rotatable bonds is 6. The number of carbonyl (C=O) groups is 2. The first-order valence-corrected chi connectivity index (χ1v) is 10.3. The van der Waals surface area contributed by atoms with Gasteiger partial charge in [-0.05, 0) is 36.4 Å². The molecule has 34 heavy (non-hydrogen) atoms. The largest absolute Gasteiger partial charge is 0.494 e. The van der Waals surface area contributed by atoms with Gasteiger partial charge in [0.05, 0.1) is 24.9 Å². The molecule has 2 atom stereocenters. The van der Waals surface area contributed by atoms with Crippen molar-refractivity contribution in [2.45, 2.75) is 11.7 Å². The number of carboxylic acid groups (broad SMARTS) is 1. The van der Waals surface area contributed by atoms with E-state index in [1.165, 1.54) is 37.6 Å². The predicted molar refractivity (Wildman–Crippen MR) is 119 cm³/mol. The number of amides is 2. The van der Waals surface area contributed by atoms with Crippen LogP contribution < -0.4 is 20.5 Å². The van der Waals surface area contributed by atoms with Crippen LogP contribution in [0.2, 0.25) is 5.02 Å². The third kappa shape index (κ3) is 3.66. The lowest BCUT2D eigenvalue weighted by molar-refractivity contribution is -0.0337. The second-order valence-electron chi connectivity index (χ2n) is 7.47. The summed E-state index contributed by atoms with van der Waals surface area (Å²) in [5, 5.41) is 23.0. The first-order valence-electron chi connectivity index (χ1n) is 9.95. The molecular weight excluding hydrogens is 469 g/mol. The number of hydrogen-bond acceptors (Lipinski definition) is 6. The van der Waals surface area contributed by atoms with E-state index < -0.39 is 36.1 Å². The van der Waals surface area contributed by atoms with E-state index in [1.807, 2.05) is 0 Å². The van der Waals surface area contributed by atoms with Gasteiger partial charge in [-0.1, -0.05) is 17.7 Å². The van der Waals surface area contributed by atoms with Crippen LogP contribution in [0.25, 0.3) is 11.1 Å². The normalized spacial score (nSPS) is 18.6. The second kappa shape index (κ2) is 8.81. The van der Waals surface area contributed by atoms with Crippen LogP contribution in [0.3, 0.4) is 0 Å². The molecule has 2 aromatic carbocycles. The Hall–Kier alpha value is -3.89. The van der Waals surface area contributed by atoms with Crippen LogP contribution in [0.5, 0.6) is 11.5 Å². The predicted octanol–water partition coefficient (Wildman–Crippen LogP) is 3.24. The molecule has 0 bridgehead atoms. The van der Waals surface area contributed by atoms with Crippen molar-refractivity contribution < 1.29 is 33.7 Å². The molecule has 2 heterocycles. The number of methoxy groups -OCH3 is 1. The zero-order chi connectivity index (χ0) is 24.6. The Morgan fingerprint density at radius 3 is 2.65 bits per heavy atom. The summed E-state index contributed by atoms with van der Waals surface area (Å²) in [6, 6.07) is 10.2. The smallest absolute Gasteiger partial charge is 0.404 e. The van der Waals surface area contributed by atoms with Crippen LogP contribution in [0, 0.1) is 5.82 Å². The number of primary amides is 1. The van der Waals surface area contributed by atoms with E-state index in [9.17, 15) is 19.8 Å². The van der Waals surface area contributed by atoms with Gasteiger partial charge in [0.25, 0.3) is 0 Å². The molecule has 0 aliphatic carbocycles. The van der Waals surface area contributed by atoms with E-state index in [1.54, 1.807) is 18.2 Å². The lowest BCUT2D eigenvalue weighted by atomic mass is 9.85. The van der Waals surface area contributed by atoms with Gasteiger partial charge in [0.2, 0.25) is 5.91 Å². The quantitative estimate of drug-likeness (QED) is 0.417. The van der Waals surface area contributed by atoms with Gasteiger partial charge in [-0.25, -0.2) is 9.18 Å². The van der Waals surface area contributed by atoms with Gasteiger partial charge in [0.15, 0.2) is 17.2 Å². The zero-order valence-corrected chi connectivity index (χ0v) is 18.5. The second-order valence-corrected chi connectivity index (χ2v) is 7.88. The van der Waals surface area contributed by atoms with Crippen LogP contribution in [0.1, 0.15) is 27.7 Å². The van der Waals surface area contributed by atoms with E-state index in [4.69, 9.17) is 26.8 Å². The average Bonchev–Trinajstić information content (AvgIpc) is 3.11. The summed E-state index contributed by atoms with van der Waals surface area (Å²) < 4.78 is 26.7. The highest BCUT2D eigenvalue weighted by Crippen LogP contribution is 2.54. The number of fused-ring (bicyclic) bond motifs is 1. The average molecular weight is 488 g/mol. The molecule has 5 N–H and O–H groups in total.